The summed E-state index contributed by atoms with van der Waals surface area (Å²) < 4.78 is 10.6. The minimum atomic E-state index is -0.905. The number of benzene rings is 1. The van der Waals surface area contributed by atoms with Gasteiger partial charge in [-0.1, -0.05) is 30.3 Å². The Bertz CT molecular complexity index is 543. The van der Waals surface area contributed by atoms with E-state index >= 15 is 0 Å². The molecule has 1 atom stereocenters. The Hall–Kier alpha value is -2.12. The third-order valence-corrected chi connectivity index (χ3v) is 3.53. The van der Waals surface area contributed by atoms with Gasteiger partial charge < -0.3 is 19.9 Å². The summed E-state index contributed by atoms with van der Waals surface area (Å²) in [5.74, 6) is -0.905. The largest absolute Gasteiger partial charge is 0.480 e. The molecule has 0 radical (unpaired) electrons. The lowest BCUT2D eigenvalue weighted by Crippen LogP contribution is -2.40. The van der Waals surface area contributed by atoms with Gasteiger partial charge in [-0.25, -0.2) is 4.79 Å². The van der Waals surface area contributed by atoms with Crippen molar-refractivity contribution < 1.29 is 24.2 Å². The fraction of sp³-hybridized carbons (Fsp3) is 0.579. The van der Waals surface area contributed by atoms with Crippen LogP contribution in [-0.2, 0) is 20.9 Å². The summed E-state index contributed by atoms with van der Waals surface area (Å²) in [6.45, 7) is 6.58. The van der Waals surface area contributed by atoms with E-state index in [-0.39, 0.29) is 18.9 Å². The Morgan fingerprint density at radius 2 is 1.85 bits per heavy atom. The van der Waals surface area contributed by atoms with Crippen LogP contribution in [0.3, 0.4) is 0 Å². The number of rotatable bonds is 11. The first kappa shape index (κ1) is 21.9. The van der Waals surface area contributed by atoms with Crippen molar-refractivity contribution in [3.8, 4) is 0 Å². The number of hydrogen-bond acceptors (Lipinski definition) is 5. The molecule has 1 amide bonds. The number of nitrogens with one attached hydrogen (secondary N) is 2. The molecule has 0 aliphatic carbocycles. The second-order valence-electron chi connectivity index (χ2n) is 6.98. The molecule has 26 heavy (non-hydrogen) atoms. The highest BCUT2D eigenvalue weighted by Crippen LogP contribution is 2.07. The maximum atomic E-state index is 11.6. The maximum Gasteiger partial charge on any atom is 0.407 e. The van der Waals surface area contributed by atoms with Crippen molar-refractivity contribution in [3.63, 3.8) is 0 Å². The number of carbonyl (C=O) groups excluding carboxylic acids is 1. The van der Waals surface area contributed by atoms with Crippen LogP contribution in [0, 0.1) is 0 Å². The second kappa shape index (κ2) is 11.5. The molecule has 7 heteroatoms. The van der Waals surface area contributed by atoms with Gasteiger partial charge in [-0.15, -0.1) is 0 Å². The molecule has 0 saturated heterocycles. The van der Waals surface area contributed by atoms with Gasteiger partial charge in [-0.3, -0.25) is 10.1 Å². The standard InChI is InChI=1S/C19H30N2O5/c1-19(2,3)26-14-21-16(17(22)23)11-7-8-12-20-18(24)25-13-15-9-5-4-6-10-15/h4-6,9-10,16,21H,7-8,11-14H2,1-3H3,(H,20,24)(H,22,23). The molecule has 3 N–H and O–H groups in total. The predicted molar refractivity (Wildman–Crippen MR) is 98.7 cm³/mol. The molecule has 1 aromatic rings. The molecule has 1 aromatic carbocycles. The Kier molecular flexibility index (Phi) is 9.69. The molecule has 7 nitrogen and oxygen atoms in total. The molecule has 0 aromatic heterocycles. The lowest BCUT2D eigenvalue weighted by atomic mass is 10.1. The van der Waals surface area contributed by atoms with E-state index in [4.69, 9.17) is 9.47 Å². The van der Waals surface area contributed by atoms with Crippen molar-refractivity contribution in [3.05, 3.63) is 35.9 Å². The van der Waals surface area contributed by atoms with Gasteiger partial charge in [0.15, 0.2) is 0 Å². The van der Waals surface area contributed by atoms with Gasteiger partial charge in [0.05, 0.1) is 12.3 Å². The highest BCUT2D eigenvalue weighted by atomic mass is 16.5. The van der Waals surface area contributed by atoms with Crippen LogP contribution in [0.1, 0.15) is 45.6 Å². The van der Waals surface area contributed by atoms with Crippen LogP contribution >= 0.6 is 0 Å². The number of amides is 1. The molecule has 0 aliphatic rings. The molecule has 0 spiro atoms. The van der Waals surface area contributed by atoms with Gasteiger partial charge >= 0.3 is 12.1 Å². The Labute approximate surface area is 155 Å². The lowest BCUT2D eigenvalue weighted by Gasteiger charge is -2.22. The smallest absolute Gasteiger partial charge is 0.407 e. The number of unbranched alkanes of at least 4 members (excludes halogenated alkanes) is 1. The third-order valence-electron chi connectivity index (χ3n) is 3.53. The van der Waals surface area contributed by atoms with Crippen molar-refractivity contribution in [2.24, 2.45) is 0 Å². The van der Waals surface area contributed by atoms with Crippen molar-refractivity contribution in [2.45, 2.75) is 58.3 Å². The number of ether oxygens (including phenoxy) is 2. The molecule has 1 rings (SSSR count). The molecule has 0 aliphatic heterocycles. The number of hydrogen-bond donors (Lipinski definition) is 3. The molecule has 0 saturated carbocycles. The van der Waals surface area contributed by atoms with Gasteiger partial charge in [0.2, 0.25) is 0 Å². The number of carbonyl (C=O) groups is 2. The van der Waals surface area contributed by atoms with Crippen molar-refractivity contribution in [2.75, 3.05) is 13.3 Å². The predicted octanol–water partition coefficient (Wildman–Crippen LogP) is 2.90. The summed E-state index contributed by atoms with van der Waals surface area (Å²) >= 11 is 0. The van der Waals surface area contributed by atoms with Crippen LogP contribution in [0.5, 0.6) is 0 Å². The van der Waals surface area contributed by atoms with Gasteiger partial charge in [0.1, 0.15) is 12.6 Å². The average Bonchev–Trinajstić information content (AvgIpc) is 2.57. The first-order chi connectivity index (χ1) is 12.3. The molecule has 0 fully saturated rings. The maximum absolute atomic E-state index is 11.6. The van der Waals surface area contributed by atoms with E-state index in [1.54, 1.807) is 0 Å². The third kappa shape index (κ3) is 10.7. The summed E-state index contributed by atoms with van der Waals surface area (Å²) in [6, 6.07) is 8.78. The molecule has 146 valence electrons. The van der Waals surface area contributed by atoms with Gasteiger partial charge in [-0.05, 0) is 45.6 Å². The second-order valence-corrected chi connectivity index (χ2v) is 6.98. The summed E-state index contributed by atoms with van der Waals surface area (Å²) in [7, 11) is 0. The zero-order valence-corrected chi connectivity index (χ0v) is 15.8. The van der Waals surface area contributed by atoms with Gasteiger partial charge in [-0.2, -0.15) is 0 Å². The fourth-order valence-corrected chi connectivity index (χ4v) is 2.11. The van der Waals surface area contributed by atoms with E-state index in [2.05, 4.69) is 10.6 Å². The van der Waals surface area contributed by atoms with Crippen LogP contribution in [-0.4, -0.2) is 42.1 Å². The van der Waals surface area contributed by atoms with Crippen LogP contribution in [0.2, 0.25) is 0 Å². The Morgan fingerprint density at radius 1 is 1.15 bits per heavy atom. The molecule has 0 bridgehead atoms. The SMILES string of the molecule is CC(C)(C)OCNC(CCCCNC(=O)OCc1ccccc1)C(=O)O. The van der Waals surface area contributed by atoms with Gasteiger partial charge in [0.25, 0.3) is 0 Å². The molecular formula is C19H30N2O5. The van der Waals surface area contributed by atoms with Crippen LogP contribution in [0.4, 0.5) is 4.79 Å². The van der Waals surface area contributed by atoms with E-state index in [9.17, 15) is 14.7 Å². The number of aliphatic carboxylic acids is 1. The summed E-state index contributed by atoms with van der Waals surface area (Å²) in [6.07, 6.45) is 1.33. The zero-order chi connectivity index (χ0) is 19.4. The average molecular weight is 366 g/mol. The zero-order valence-electron chi connectivity index (χ0n) is 15.8. The van der Waals surface area contributed by atoms with E-state index < -0.39 is 18.1 Å². The first-order valence-electron chi connectivity index (χ1n) is 8.82. The summed E-state index contributed by atoms with van der Waals surface area (Å²) in [5.41, 5.74) is 0.607. The van der Waals surface area contributed by atoms with E-state index in [0.29, 0.717) is 25.8 Å². The molecular weight excluding hydrogens is 336 g/mol. The fourth-order valence-electron chi connectivity index (χ4n) is 2.11. The number of alkyl carbamates (subject to hydrolysis) is 1. The lowest BCUT2D eigenvalue weighted by molar-refractivity contribution is -0.140. The van der Waals surface area contributed by atoms with Gasteiger partial charge in [0, 0.05) is 6.54 Å². The van der Waals surface area contributed by atoms with Crippen molar-refractivity contribution in [1.82, 2.24) is 10.6 Å². The Morgan fingerprint density at radius 3 is 2.46 bits per heavy atom. The number of carboxylic acids is 1. The molecule has 0 heterocycles. The summed E-state index contributed by atoms with van der Waals surface area (Å²) in [5, 5.41) is 14.8. The molecule has 1 unspecified atom stereocenters. The Balaban J connectivity index is 2.13. The first-order valence-corrected chi connectivity index (χ1v) is 8.82. The minimum absolute atomic E-state index is 0.185. The highest BCUT2D eigenvalue weighted by molar-refractivity contribution is 5.73. The summed E-state index contributed by atoms with van der Waals surface area (Å²) in [4.78, 5) is 22.8. The van der Waals surface area contributed by atoms with E-state index in [0.717, 1.165) is 5.56 Å². The minimum Gasteiger partial charge on any atom is -0.480 e. The van der Waals surface area contributed by atoms with Crippen LogP contribution < -0.4 is 10.6 Å². The van der Waals surface area contributed by atoms with Crippen LogP contribution in [0.25, 0.3) is 0 Å². The van der Waals surface area contributed by atoms with E-state index in [1.165, 1.54) is 0 Å². The van der Waals surface area contributed by atoms with Crippen molar-refractivity contribution >= 4 is 12.1 Å². The quantitative estimate of drug-likeness (QED) is 0.412. The normalized spacial score (nSPS) is 12.4. The topological polar surface area (TPSA) is 96.9 Å². The monoisotopic (exact) mass is 366 g/mol. The van der Waals surface area contributed by atoms with Crippen LogP contribution in [0.15, 0.2) is 30.3 Å². The number of carboxylic acid groups (broad SMARTS) is 1. The van der Waals surface area contributed by atoms with Crippen molar-refractivity contribution in [1.29, 1.82) is 0 Å². The van der Waals surface area contributed by atoms with E-state index in [1.807, 2.05) is 51.1 Å². The highest BCUT2D eigenvalue weighted by Gasteiger charge is 2.18.